The fraction of sp³-hybridized carbons (Fsp3) is 0.231. The number of carbonyl (C=O) groups is 1. The fourth-order valence-corrected chi connectivity index (χ4v) is 1.89. The molecule has 2 heterocycles. The van der Waals surface area contributed by atoms with Crippen LogP contribution in [0.1, 0.15) is 5.69 Å². The van der Waals surface area contributed by atoms with Crippen molar-refractivity contribution in [3.63, 3.8) is 0 Å². The van der Waals surface area contributed by atoms with Crippen LogP contribution in [0.3, 0.4) is 0 Å². The van der Waals surface area contributed by atoms with E-state index in [0.29, 0.717) is 23.8 Å². The lowest BCUT2D eigenvalue weighted by Gasteiger charge is -2.20. The third kappa shape index (κ3) is 2.24. The van der Waals surface area contributed by atoms with Gasteiger partial charge in [0.15, 0.2) is 6.61 Å². The SMILES string of the molecule is Cn1nccc1COc1cccc2c1NC(=O)CO2. The predicted octanol–water partition coefficient (Wildman–Crippen LogP) is 1.33. The number of hydrogen-bond donors (Lipinski definition) is 1. The Hall–Kier alpha value is -2.50. The molecule has 0 unspecified atom stereocenters. The maximum absolute atomic E-state index is 11.4. The van der Waals surface area contributed by atoms with Crippen LogP contribution >= 0.6 is 0 Å². The van der Waals surface area contributed by atoms with Crippen molar-refractivity contribution in [2.45, 2.75) is 6.61 Å². The lowest BCUT2D eigenvalue weighted by atomic mass is 10.2. The highest BCUT2D eigenvalue weighted by molar-refractivity contribution is 5.97. The summed E-state index contributed by atoms with van der Waals surface area (Å²) in [6.07, 6.45) is 1.71. The summed E-state index contributed by atoms with van der Waals surface area (Å²) in [5, 5.41) is 6.83. The highest BCUT2D eigenvalue weighted by atomic mass is 16.5. The van der Waals surface area contributed by atoms with Crippen LogP contribution < -0.4 is 14.8 Å². The van der Waals surface area contributed by atoms with E-state index in [0.717, 1.165) is 5.69 Å². The van der Waals surface area contributed by atoms with Gasteiger partial charge in [-0.1, -0.05) is 6.07 Å². The van der Waals surface area contributed by atoms with Gasteiger partial charge in [0.1, 0.15) is 23.8 Å². The summed E-state index contributed by atoms with van der Waals surface area (Å²) in [6, 6.07) is 7.30. The predicted molar refractivity (Wildman–Crippen MR) is 68.1 cm³/mol. The first kappa shape index (κ1) is 11.6. The van der Waals surface area contributed by atoms with E-state index in [4.69, 9.17) is 9.47 Å². The van der Waals surface area contributed by atoms with Gasteiger partial charge in [0.05, 0.1) is 5.69 Å². The minimum absolute atomic E-state index is 0.0399. The van der Waals surface area contributed by atoms with Gasteiger partial charge >= 0.3 is 0 Å². The van der Waals surface area contributed by atoms with Gasteiger partial charge in [0.25, 0.3) is 5.91 Å². The van der Waals surface area contributed by atoms with Crippen LogP contribution in [-0.2, 0) is 18.4 Å². The van der Waals surface area contributed by atoms with E-state index in [9.17, 15) is 4.79 Å². The minimum atomic E-state index is -0.177. The van der Waals surface area contributed by atoms with Crippen molar-refractivity contribution < 1.29 is 14.3 Å². The Morgan fingerprint density at radius 2 is 2.37 bits per heavy atom. The fourth-order valence-electron chi connectivity index (χ4n) is 1.89. The number of rotatable bonds is 3. The van der Waals surface area contributed by atoms with Gasteiger partial charge in [0, 0.05) is 13.2 Å². The van der Waals surface area contributed by atoms with Gasteiger partial charge in [-0.3, -0.25) is 9.48 Å². The second-order valence-electron chi connectivity index (χ2n) is 4.20. The number of ether oxygens (including phenoxy) is 2. The molecule has 1 aliphatic heterocycles. The number of carbonyl (C=O) groups excluding carboxylic acids is 1. The molecule has 1 N–H and O–H groups in total. The molecule has 19 heavy (non-hydrogen) atoms. The normalized spacial score (nSPS) is 13.4. The highest BCUT2D eigenvalue weighted by Gasteiger charge is 2.19. The van der Waals surface area contributed by atoms with Crippen molar-refractivity contribution in [3.05, 3.63) is 36.2 Å². The molecule has 98 valence electrons. The molecule has 0 saturated carbocycles. The number of nitrogens with one attached hydrogen (secondary N) is 1. The average molecular weight is 259 g/mol. The Bertz CT molecular complexity index is 621. The molecule has 1 amide bonds. The van der Waals surface area contributed by atoms with Gasteiger partial charge in [-0.05, 0) is 18.2 Å². The van der Waals surface area contributed by atoms with Crippen molar-refractivity contribution >= 4 is 11.6 Å². The second kappa shape index (κ2) is 4.64. The second-order valence-corrected chi connectivity index (χ2v) is 4.20. The number of aryl methyl sites for hydroxylation is 1. The molecule has 1 aliphatic rings. The van der Waals surface area contributed by atoms with Gasteiger partial charge in [-0.15, -0.1) is 0 Å². The number of para-hydroxylation sites is 1. The van der Waals surface area contributed by atoms with E-state index >= 15 is 0 Å². The van der Waals surface area contributed by atoms with E-state index in [1.54, 1.807) is 23.0 Å². The molecule has 0 fully saturated rings. The molecule has 0 aliphatic carbocycles. The van der Waals surface area contributed by atoms with Crippen molar-refractivity contribution in [3.8, 4) is 11.5 Å². The molecule has 1 aromatic heterocycles. The molecule has 1 aromatic carbocycles. The molecular weight excluding hydrogens is 246 g/mol. The van der Waals surface area contributed by atoms with E-state index < -0.39 is 0 Å². The van der Waals surface area contributed by atoms with E-state index in [1.807, 2.05) is 19.2 Å². The lowest BCUT2D eigenvalue weighted by Crippen LogP contribution is -2.25. The number of nitrogens with zero attached hydrogens (tertiary/aromatic N) is 2. The summed E-state index contributed by atoms with van der Waals surface area (Å²) in [4.78, 5) is 11.4. The highest BCUT2D eigenvalue weighted by Crippen LogP contribution is 2.36. The number of fused-ring (bicyclic) bond motifs is 1. The summed E-state index contributed by atoms with van der Waals surface area (Å²) >= 11 is 0. The van der Waals surface area contributed by atoms with E-state index in [1.165, 1.54) is 0 Å². The van der Waals surface area contributed by atoms with Crippen molar-refractivity contribution in [1.82, 2.24) is 9.78 Å². The molecular formula is C13H13N3O3. The van der Waals surface area contributed by atoms with Gasteiger partial charge in [-0.2, -0.15) is 5.10 Å². The van der Waals surface area contributed by atoms with Crippen LogP contribution in [0.5, 0.6) is 11.5 Å². The largest absolute Gasteiger partial charge is 0.485 e. The molecule has 6 nitrogen and oxygen atoms in total. The van der Waals surface area contributed by atoms with Crippen LogP contribution in [0.25, 0.3) is 0 Å². The van der Waals surface area contributed by atoms with E-state index in [2.05, 4.69) is 10.4 Å². The molecule has 0 spiro atoms. The Morgan fingerprint density at radius 1 is 1.47 bits per heavy atom. The van der Waals surface area contributed by atoms with Crippen LogP contribution in [0.4, 0.5) is 5.69 Å². The van der Waals surface area contributed by atoms with Crippen LogP contribution in [0, 0.1) is 0 Å². The maximum Gasteiger partial charge on any atom is 0.262 e. The zero-order chi connectivity index (χ0) is 13.2. The Morgan fingerprint density at radius 3 is 3.16 bits per heavy atom. The first-order chi connectivity index (χ1) is 9.24. The van der Waals surface area contributed by atoms with Crippen LogP contribution in [0.15, 0.2) is 30.5 Å². The first-order valence-electron chi connectivity index (χ1n) is 5.89. The maximum atomic E-state index is 11.4. The van der Waals surface area contributed by atoms with Gasteiger partial charge < -0.3 is 14.8 Å². The number of anilines is 1. The molecule has 0 atom stereocenters. The monoisotopic (exact) mass is 259 g/mol. The van der Waals surface area contributed by atoms with Crippen molar-refractivity contribution in [2.24, 2.45) is 7.05 Å². The quantitative estimate of drug-likeness (QED) is 0.903. The minimum Gasteiger partial charge on any atom is -0.485 e. The van der Waals surface area contributed by atoms with Crippen molar-refractivity contribution in [1.29, 1.82) is 0 Å². The number of hydrogen-bond acceptors (Lipinski definition) is 4. The smallest absolute Gasteiger partial charge is 0.262 e. The summed E-state index contributed by atoms with van der Waals surface area (Å²) in [7, 11) is 1.85. The third-order valence-electron chi connectivity index (χ3n) is 2.91. The number of benzene rings is 1. The third-order valence-corrected chi connectivity index (χ3v) is 2.91. The molecule has 0 saturated heterocycles. The van der Waals surface area contributed by atoms with E-state index in [-0.39, 0.29) is 12.5 Å². The van der Waals surface area contributed by atoms with Gasteiger partial charge in [0.2, 0.25) is 0 Å². The van der Waals surface area contributed by atoms with Crippen LogP contribution in [0.2, 0.25) is 0 Å². The zero-order valence-corrected chi connectivity index (χ0v) is 10.4. The lowest BCUT2D eigenvalue weighted by molar-refractivity contribution is -0.118. The first-order valence-corrected chi connectivity index (χ1v) is 5.89. The average Bonchev–Trinajstić information content (AvgIpc) is 2.82. The van der Waals surface area contributed by atoms with Gasteiger partial charge in [-0.25, -0.2) is 0 Å². The van der Waals surface area contributed by atoms with Crippen molar-refractivity contribution in [2.75, 3.05) is 11.9 Å². The molecule has 0 bridgehead atoms. The standard InChI is InChI=1S/C13H13N3O3/c1-16-9(5-6-14-16)7-18-10-3-2-4-11-13(10)15-12(17)8-19-11/h2-6H,7-8H2,1H3,(H,15,17). The summed E-state index contributed by atoms with van der Waals surface area (Å²) in [6.45, 7) is 0.418. The zero-order valence-electron chi connectivity index (χ0n) is 10.4. The molecule has 6 heteroatoms. The molecule has 2 aromatic rings. The molecule has 0 radical (unpaired) electrons. The summed E-state index contributed by atoms with van der Waals surface area (Å²) < 4.78 is 12.8. The number of amides is 1. The Kier molecular flexibility index (Phi) is 2.83. The summed E-state index contributed by atoms with van der Waals surface area (Å²) in [5.41, 5.74) is 1.53. The summed E-state index contributed by atoms with van der Waals surface area (Å²) in [5.74, 6) is 1.04. The topological polar surface area (TPSA) is 65.4 Å². The Labute approximate surface area is 109 Å². The number of aromatic nitrogens is 2. The Balaban J connectivity index is 1.82. The van der Waals surface area contributed by atoms with Crippen LogP contribution in [-0.4, -0.2) is 22.3 Å². The molecule has 3 rings (SSSR count).